The van der Waals surface area contributed by atoms with Crippen LogP contribution in [0.5, 0.6) is 5.75 Å². The van der Waals surface area contributed by atoms with Crippen molar-refractivity contribution in [3.05, 3.63) is 29.6 Å². The van der Waals surface area contributed by atoms with E-state index >= 15 is 0 Å². The van der Waals surface area contributed by atoms with E-state index in [-0.39, 0.29) is 17.5 Å². The number of hydrogen-bond acceptors (Lipinski definition) is 2. The molecule has 0 radical (unpaired) electrons. The van der Waals surface area contributed by atoms with Crippen molar-refractivity contribution in [1.29, 1.82) is 0 Å². The Morgan fingerprint density at radius 3 is 2.76 bits per heavy atom. The molecule has 1 saturated carbocycles. The van der Waals surface area contributed by atoms with Gasteiger partial charge in [0.1, 0.15) is 17.2 Å². The summed E-state index contributed by atoms with van der Waals surface area (Å²) in [6.45, 7) is 5.36. The van der Waals surface area contributed by atoms with E-state index < -0.39 is 0 Å². The number of nitrogens with one attached hydrogen (secondary N) is 1. The van der Waals surface area contributed by atoms with Gasteiger partial charge in [-0.2, -0.15) is 0 Å². The fraction of sp³-hybridized carbons (Fsp3) is 0.667. The van der Waals surface area contributed by atoms with Crippen molar-refractivity contribution in [2.24, 2.45) is 5.92 Å². The molecule has 1 fully saturated rings. The Morgan fingerprint density at radius 2 is 2.05 bits per heavy atom. The molecule has 1 N–H and O–H groups in total. The van der Waals surface area contributed by atoms with Crippen molar-refractivity contribution in [2.75, 3.05) is 6.54 Å². The van der Waals surface area contributed by atoms with Crippen LogP contribution in [-0.2, 0) is 0 Å². The smallest absolute Gasteiger partial charge is 0.125 e. The summed E-state index contributed by atoms with van der Waals surface area (Å²) < 4.78 is 20.0. The lowest BCUT2D eigenvalue weighted by molar-refractivity contribution is -0.00312. The predicted octanol–water partition coefficient (Wildman–Crippen LogP) is 4.60. The molecule has 3 heteroatoms. The maximum absolute atomic E-state index is 13.6. The van der Waals surface area contributed by atoms with E-state index in [1.165, 1.54) is 25.3 Å². The van der Waals surface area contributed by atoms with Crippen molar-refractivity contribution in [3.63, 3.8) is 0 Å². The van der Waals surface area contributed by atoms with Gasteiger partial charge in [-0.1, -0.05) is 20.3 Å². The minimum Gasteiger partial charge on any atom is -0.487 e. The van der Waals surface area contributed by atoms with Crippen molar-refractivity contribution >= 4 is 0 Å². The van der Waals surface area contributed by atoms with Crippen LogP contribution in [0.15, 0.2) is 18.2 Å². The van der Waals surface area contributed by atoms with Gasteiger partial charge in [0, 0.05) is 18.0 Å². The van der Waals surface area contributed by atoms with Gasteiger partial charge in [0.2, 0.25) is 0 Å². The Morgan fingerprint density at radius 1 is 1.29 bits per heavy atom. The molecule has 2 aliphatic rings. The first-order valence-electron chi connectivity index (χ1n) is 8.30. The highest BCUT2D eigenvalue weighted by Crippen LogP contribution is 2.46. The second-order valence-electron chi connectivity index (χ2n) is 7.09. The van der Waals surface area contributed by atoms with Crippen molar-refractivity contribution in [1.82, 2.24) is 5.32 Å². The number of halogens is 1. The standard InChI is InChI=1S/C18H26FNO/c1-13(2)12-20-16-11-18(8-4-3-5-9-18)21-17-7-6-14(19)10-15(16)17/h6-7,10,13,16,20H,3-5,8-9,11-12H2,1-2H3. The summed E-state index contributed by atoms with van der Waals surface area (Å²) in [7, 11) is 0. The van der Waals surface area contributed by atoms with Crippen LogP contribution in [0.2, 0.25) is 0 Å². The second-order valence-corrected chi connectivity index (χ2v) is 7.09. The van der Waals surface area contributed by atoms with E-state index in [0.29, 0.717) is 5.92 Å². The number of ether oxygens (including phenoxy) is 1. The molecule has 1 spiro atoms. The van der Waals surface area contributed by atoms with Crippen LogP contribution in [0.4, 0.5) is 4.39 Å². The van der Waals surface area contributed by atoms with Crippen LogP contribution in [0.1, 0.15) is 64.0 Å². The number of fused-ring (bicyclic) bond motifs is 1. The van der Waals surface area contributed by atoms with Gasteiger partial charge < -0.3 is 10.1 Å². The third kappa shape index (κ3) is 3.23. The van der Waals surface area contributed by atoms with Gasteiger partial charge in [-0.15, -0.1) is 0 Å². The van der Waals surface area contributed by atoms with Crippen LogP contribution >= 0.6 is 0 Å². The molecule has 1 unspecified atom stereocenters. The average Bonchev–Trinajstić information content (AvgIpc) is 2.46. The summed E-state index contributed by atoms with van der Waals surface area (Å²) in [5.41, 5.74) is 0.962. The Kier molecular flexibility index (Phi) is 4.21. The Balaban J connectivity index is 1.88. The predicted molar refractivity (Wildman–Crippen MR) is 83.0 cm³/mol. The molecule has 0 bridgehead atoms. The van der Waals surface area contributed by atoms with Gasteiger partial charge in [0.05, 0.1) is 0 Å². The van der Waals surface area contributed by atoms with Crippen LogP contribution in [0, 0.1) is 11.7 Å². The summed E-state index contributed by atoms with van der Waals surface area (Å²) in [5.74, 6) is 1.30. The minimum atomic E-state index is -0.173. The lowest BCUT2D eigenvalue weighted by Gasteiger charge is -2.45. The van der Waals surface area contributed by atoms with Crippen LogP contribution in [-0.4, -0.2) is 12.1 Å². The molecule has 1 atom stereocenters. The zero-order chi connectivity index (χ0) is 14.9. The first-order valence-corrected chi connectivity index (χ1v) is 8.30. The minimum absolute atomic E-state index is 0.0300. The van der Waals surface area contributed by atoms with E-state index in [0.717, 1.165) is 37.1 Å². The van der Waals surface area contributed by atoms with E-state index in [9.17, 15) is 4.39 Å². The number of rotatable bonds is 3. The lowest BCUT2D eigenvalue weighted by Crippen LogP contribution is -2.46. The highest BCUT2D eigenvalue weighted by atomic mass is 19.1. The first kappa shape index (κ1) is 14.8. The molecule has 3 rings (SSSR count). The van der Waals surface area contributed by atoms with Gasteiger partial charge in [-0.05, 0) is 56.3 Å². The van der Waals surface area contributed by atoms with Crippen molar-refractivity contribution < 1.29 is 9.13 Å². The summed E-state index contributed by atoms with van der Waals surface area (Å²) in [4.78, 5) is 0. The van der Waals surface area contributed by atoms with Gasteiger partial charge in [-0.3, -0.25) is 0 Å². The molecule has 1 aromatic carbocycles. The van der Waals surface area contributed by atoms with E-state index in [1.807, 2.05) is 6.07 Å². The topological polar surface area (TPSA) is 21.3 Å². The maximum Gasteiger partial charge on any atom is 0.125 e. The van der Waals surface area contributed by atoms with E-state index in [4.69, 9.17) is 4.74 Å². The third-order valence-corrected chi connectivity index (χ3v) is 4.79. The Bertz CT molecular complexity index is 494. The second kappa shape index (κ2) is 5.96. The monoisotopic (exact) mass is 291 g/mol. The summed E-state index contributed by atoms with van der Waals surface area (Å²) in [6.07, 6.45) is 7.02. The molecule has 1 heterocycles. The van der Waals surface area contributed by atoms with Gasteiger partial charge in [0.15, 0.2) is 0 Å². The largest absolute Gasteiger partial charge is 0.487 e. The van der Waals surface area contributed by atoms with Crippen molar-refractivity contribution in [2.45, 2.75) is 64.0 Å². The zero-order valence-corrected chi connectivity index (χ0v) is 13.1. The molecule has 1 aromatic rings. The number of benzene rings is 1. The third-order valence-electron chi connectivity index (χ3n) is 4.79. The number of hydrogen-bond donors (Lipinski definition) is 1. The van der Waals surface area contributed by atoms with Gasteiger partial charge >= 0.3 is 0 Å². The Hall–Kier alpha value is -1.09. The maximum atomic E-state index is 13.6. The fourth-order valence-electron chi connectivity index (χ4n) is 3.70. The molecular formula is C18H26FNO. The highest BCUT2D eigenvalue weighted by molar-refractivity contribution is 5.39. The SMILES string of the molecule is CC(C)CNC1CC2(CCCCC2)Oc2ccc(F)cc21. The Labute approximate surface area is 127 Å². The molecule has 116 valence electrons. The van der Waals surface area contributed by atoms with E-state index in [2.05, 4.69) is 19.2 Å². The van der Waals surface area contributed by atoms with Crippen LogP contribution in [0.3, 0.4) is 0 Å². The van der Waals surface area contributed by atoms with Crippen LogP contribution in [0.25, 0.3) is 0 Å². The normalized spacial score (nSPS) is 23.9. The first-order chi connectivity index (χ1) is 10.1. The zero-order valence-electron chi connectivity index (χ0n) is 13.1. The molecule has 0 amide bonds. The van der Waals surface area contributed by atoms with Gasteiger partial charge in [0.25, 0.3) is 0 Å². The molecule has 0 saturated heterocycles. The van der Waals surface area contributed by atoms with Crippen LogP contribution < -0.4 is 10.1 Å². The summed E-state index contributed by atoms with van der Waals surface area (Å²) >= 11 is 0. The average molecular weight is 291 g/mol. The quantitative estimate of drug-likeness (QED) is 0.879. The van der Waals surface area contributed by atoms with E-state index in [1.54, 1.807) is 6.07 Å². The fourth-order valence-corrected chi connectivity index (χ4v) is 3.70. The molecule has 2 nitrogen and oxygen atoms in total. The summed E-state index contributed by atoms with van der Waals surface area (Å²) in [6, 6.07) is 5.18. The molecule has 21 heavy (non-hydrogen) atoms. The molecule has 0 aromatic heterocycles. The highest BCUT2D eigenvalue weighted by Gasteiger charge is 2.41. The molecule has 1 aliphatic heterocycles. The summed E-state index contributed by atoms with van der Waals surface area (Å²) in [5, 5.41) is 3.63. The molecule has 1 aliphatic carbocycles. The molecular weight excluding hydrogens is 265 g/mol. The van der Waals surface area contributed by atoms with Gasteiger partial charge in [-0.25, -0.2) is 4.39 Å². The lowest BCUT2D eigenvalue weighted by atomic mass is 9.77. The van der Waals surface area contributed by atoms with Crippen molar-refractivity contribution in [3.8, 4) is 5.75 Å².